The molecule has 2 rings (SSSR count). The van der Waals surface area contributed by atoms with Crippen molar-refractivity contribution < 1.29 is 9.18 Å². The van der Waals surface area contributed by atoms with Gasteiger partial charge in [0.05, 0.1) is 17.3 Å². The average molecular weight is 255 g/mol. The Morgan fingerprint density at radius 1 is 1.26 bits per heavy atom. The van der Waals surface area contributed by atoms with Gasteiger partial charge in [-0.1, -0.05) is 12.1 Å². The molecule has 0 aliphatic carbocycles. The lowest BCUT2D eigenvalue weighted by Crippen LogP contribution is -2.14. The molecule has 0 bridgehead atoms. The summed E-state index contributed by atoms with van der Waals surface area (Å²) in [7, 11) is 0. The van der Waals surface area contributed by atoms with E-state index in [1.165, 1.54) is 30.3 Å². The Morgan fingerprint density at radius 3 is 2.68 bits per heavy atom. The average Bonchev–Trinajstić information content (AvgIpc) is 2.43. The van der Waals surface area contributed by atoms with E-state index in [1.54, 1.807) is 12.1 Å². The van der Waals surface area contributed by atoms with E-state index in [0.29, 0.717) is 5.56 Å². The zero-order valence-corrected chi connectivity index (χ0v) is 9.85. The van der Waals surface area contributed by atoms with Gasteiger partial charge < -0.3 is 11.1 Å². The molecule has 0 atom stereocenters. The summed E-state index contributed by atoms with van der Waals surface area (Å²) in [6, 6.07) is 12.2. The summed E-state index contributed by atoms with van der Waals surface area (Å²) in [6.45, 7) is 0. The molecular weight excluding hydrogens is 245 g/mol. The maximum atomic E-state index is 13.5. The first-order chi connectivity index (χ1) is 9.11. The highest BCUT2D eigenvalue weighted by atomic mass is 19.1. The smallest absolute Gasteiger partial charge is 0.255 e. The van der Waals surface area contributed by atoms with Gasteiger partial charge in [0.2, 0.25) is 0 Å². The van der Waals surface area contributed by atoms with Crippen LogP contribution in [0.3, 0.4) is 0 Å². The molecule has 0 fully saturated rings. The van der Waals surface area contributed by atoms with E-state index in [9.17, 15) is 9.18 Å². The Hall–Kier alpha value is -2.87. The standard InChI is InChI=1S/C14H10FN3O/c15-11-5-2-6-12(17)13(11)18-14(19)10-4-1-3-9(7-10)8-16/h1-7H,17H2,(H,18,19). The minimum absolute atomic E-state index is 0.0603. The molecule has 0 aromatic heterocycles. The molecule has 0 spiro atoms. The molecule has 94 valence electrons. The second-order valence-corrected chi connectivity index (χ2v) is 3.85. The van der Waals surface area contributed by atoms with Crippen LogP contribution in [0.2, 0.25) is 0 Å². The highest BCUT2D eigenvalue weighted by molar-refractivity contribution is 6.06. The quantitative estimate of drug-likeness (QED) is 0.809. The van der Waals surface area contributed by atoms with E-state index in [2.05, 4.69) is 5.32 Å². The maximum absolute atomic E-state index is 13.5. The lowest BCUT2D eigenvalue weighted by Gasteiger charge is -2.09. The number of nitriles is 1. The van der Waals surface area contributed by atoms with Gasteiger partial charge in [0.1, 0.15) is 11.5 Å². The van der Waals surface area contributed by atoms with E-state index >= 15 is 0 Å². The number of rotatable bonds is 2. The lowest BCUT2D eigenvalue weighted by atomic mass is 10.1. The van der Waals surface area contributed by atoms with Gasteiger partial charge >= 0.3 is 0 Å². The van der Waals surface area contributed by atoms with Gasteiger partial charge in [0, 0.05) is 5.56 Å². The van der Waals surface area contributed by atoms with Crippen LogP contribution in [-0.2, 0) is 0 Å². The van der Waals surface area contributed by atoms with Crippen LogP contribution >= 0.6 is 0 Å². The molecule has 0 radical (unpaired) electrons. The van der Waals surface area contributed by atoms with Crippen LogP contribution in [0, 0.1) is 17.1 Å². The van der Waals surface area contributed by atoms with E-state index in [4.69, 9.17) is 11.0 Å². The van der Waals surface area contributed by atoms with E-state index in [1.807, 2.05) is 6.07 Å². The summed E-state index contributed by atoms with van der Waals surface area (Å²) in [5.74, 6) is -1.13. The third-order valence-corrected chi connectivity index (χ3v) is 2.54. The lowest BCUT2D eigenvalue weighted by molar-refractivity contribution is 0.102. The van der Waals surface area contributed by atoms with Crippen molar-refractivity contribution in [3.8, 4) is 6.07 Å². The van der Waals surface area contributed by atoms with Crippen LogP contribution in [-0.4, -0.2) is 5.91 Å². The minimum Gasteiger partial charge on any atom is -0.397 e. The van der Waals surface area contributed by atoms with Crippen LogP contribution in [0.15, 0.2) is 42.5 Å². The molecule has 0 aliphatic rings. The van der Waals surface area contributed by atoms with Crippen molar-refractivity contribution in [1.82, 2.24) is 0 Å². The monoisotopic (exact) mass is 255 g/mol. The van der Waals surface area contributed by atoms with E-state index < -0.39 is 11.7 Å². The van der Waals surface area contributed by atoms with Crippen molar-refractivity contribution in [2.45, 2.75) is 0 Å². The Balaban J connectivity index is 2.29. The van der Waals surface area contributed by atoms with Crippen molar-refractivity contribution in [1.29, 1.82) is 5.26 Å². The first kappa shape index (κ1) is 12.6. The number of nitrogens with two attached hydrogens (primary N) is 1. The first-order valence-corrected chi connectivity index (χ1v) is 5.47. The van der Waals surface area contributed by atoms with Gasteiger partial charge in [-0.05, 0) is 30.3 Å². The molecule has 0 saturated heterocycles. The van der Waals surface area contributed by atoms with E-state index in [-0.39, 0.29) is 16.9 Å². The summed E-state index contributed by atoms with van der Waals surface area (Å²) in [5, 5.41) is 11.2. The van der Waals surface area contributed by atoms with Gasteiger partial charge in [-0.3, -0.25) is 4.79 Å². The zero-order chi connectivity index (χ0) is 13.8. The molecule has 2 aromatic rings. The minimum atomic E-state index is -0.607. The fourth-order valence-corrected chi connectivity index (χ4v) is 1.59. The van der Waals surface area contributed by atoms with Crippen LogP contribution < -0.4 is 11.1 Å². The van der Waals surface area contributed by atoms with Crippen LogP contribution in [0.1, 0.15) is 15.9 Å². The number of hydrogen-bond donors (Lipinski definition) is 2. The highest BCUT2D eigenvalue weighted by Gasteiger charge is 2.12. The van der Waals surface area contributed by atoms with Crippen molar-refractivity contribution in [3.63, 3.8) is 0 Å². The Bertz CT molecular complexity index is 656. The van der Waals surface area contributed by atoms with Gasteiger partial charge in [-0.25, -0.2) is 4.39 Å². The SMILES string of the molecule is N#Cc1cccc(C(=O)Nc2c(N)cccc2F)c1. The molecule has 4 nitrogen and oxygen atoms in total. The largest absolute Gasteiger partial charge is 0.397 e. The predicted molar refractivity (Wildman–Crippen MR) is 69.9 cm³/mol. The summed E-state index contributed by atoms with van der Waals surface area (Å²) in [4.78, 5) is 11.9. The van der Waals surface area contributed by atoms with Crippen molar-refractivity contribution in [2.75, 3.05) is 11.1 Å². The molecule has 0 heterocycles. The predicted octanol–water partition coefficient (Wildman–Crippen LogP) is 2.53. The van der Waals surface area contributed by atoms with E-state index in [0.717, 1.165) is 0 Å². The number of carbonyl (C=O) groups is 1. The third-order valence-electron chi connectivity index (χ3n) is 2.54. The normalized spacial score (nSPS) is 9.68. The zero-order valence-electron chi connectivity index (χ0n) is 9.85. The highest BCUT2D eigenvalue weighted by Crippen LogP contribution is 2.22. The van der Waals surface area contributed by atoms with Crippen LogP contribution in [0.4, 0.5) is 15.8 Å². The summed E-state index contributed by atoms with van der Waals surface area (Å²) in [6.07, 6.45) is 0. The number of halogens is 1. The number of nitrogens with one attached hydrogen (secondary N) is 1. The molecule has 1 amide bonds. The molecule has 2 aromatic carbocycles. The number of nitrogens with zero attached hydrogens (tertiary/aromatic N) is 1. The van der Waals surface area contributed by atoms with Crippen molar-refractivity contribution in [2.24, 2.45) is 0 Å². The second kappa shape index (κ2) is 5.19. The number of hydrogen-bond acceptors (Lipinski definition) is 3. The number of benzene rings is 2. The fraction of sp³-hybridized carbons (Fsp3) is 0. The van der Waals surface area contributed by atoms with Gasteiger partial charge in [-0.15, -0.1) is 0 Å². The molecular formula is C14H10FN3O. The molecule has 5 heteroatoms. The molecule has 0 unspecified atom stereocenters. The van der Waals surface area contributed by atoms with Crippen molar-refractivity contribution >= 4 is 17.3 Å². The number of para-hydroxylation sites is 1. The third kappa shape index (κ3) is 2.69. The second-order valence-electron chi connectivity index (χ2n) is 3.85. The van der Waals surface area contributed by atoms with Crippen molar-refractivity contribution in [3.05, 3.63) is 59.4 Å². The van der Waals surface area contributed by atoms with Crippen LogP contribution in [0.5, 0.6) is 0 Å². The summed E-state index contributed by atoms with van der Waals surface area (Å²) in [5.41, 5.74) is 6.30. The number of nitrogen functional groups attached to an aromatic ring is 1. The molecule has 0 saturated carbocycles. The molecule has 3 N–H and O–H groups in total. The number of carbonyl (C=O) groups excluding carboxylic acids is 1. The first-order valence-electron chi connectivity index (χ1n) is 5.47. The summed E-state index contributed by atoms with van der Waals surface area (Å²) < 4.78 is 13.5. The van der Waals surface area contributed by atoms with Gasteiger partial charge in [-0.2, -0.15) is 5.26 Å². The Kier molecular flexibility index (Phi) is 3.44. The number of amides is 1. The Morgan fingerprint density at radius 2 is 2.00 bits per heavy atom. The number of anilines is 2. The molecule has 19 heavy (non-hydrogen) atoms. The van der Waals surface area contributed by atoms with Gasteiger partial charge in [0.25, 0.3) is 5.91 Å². The Labute approximate surface area is 109 Å². The molecule has 0 aliphatic heterocycles. The van der Waals surface area contributed by atoms with Gasteiger partial charge in [0.15, 0.2) is 0 Å². The maximum Gasteiger partial charge on any atom is 0.255 e. The van der Waals surface area contributed by atoms with Crippen LogP contribution in [0.25, 0.3) is 0 Å². The summed E-state index contributed by atoms with van der Waals surface area (Å²) >= 11 is 0. The fourth-order valence-electron chi connectivity index (χ4n) is 1.59. The topological polar surface area (TPSA) is 78.9 Å².